The predicted molar refractivity (Wildman–Crippen MR) is 69.2 cm³/mol. The Morgan fingerprint density at radius 2 is 2.47 bits per heavy atom. The molecule has 0 spiro atoms. The second kappa shape index (κ2) is 5.01. The summed E-state index contributed by atoms with van der Waals surface area (Å²) >= 11 is 0. The van der Waals surface area contributed by atoms with Crippen LogP contribution in [0.4, 0.5) is 0 Å². The van der Waals surface area contributed by atoms with Gasteiger partial charge in [0, 0.05) is 19.2 Å². The lowest BCUT2D eigenvalue weighted by molar-refractivity contribution is 0.0592. The summed E-state index contributed by atoms with van der Waals surface area (Å²) in [7, 11) is 1.38. The van der Waals surface area contributed by atoms with Gasteiger partial charge in [0.15, 0.2) is 0 Å². The molecule has 0 saturated carbocycles. The molecule has 100 valence electrons. The van der Waals surface area contributed by atoms with Gasteiger partial charge in [-0.05, 0) is 25.0 Å². The quantitative estimate of drug-likeness (QED) is 0.790. The number of methoxy groups -OCH3 is 1. The van der Waals surface area contributed by atoms with Crippen molar-refractivity contribution in [3.63, 3.8) is 0 Å². The predicted octanol–water partition coefficient (Wildman–Crippen LogP) is 1.84. The number of fused-ring (bicyclic) bond motifs is 1. The second-order valence-corrected chi connectivity index (χ2v) is 4.70. The fourth-order valence-corrected chi connectivity index (χ4v) is 2.47. The maximum Gasteiger partial charge on any atom is 0.355 e. The number of hydrogen-bond donors (Lipinski definition) is 0. The summed E-state index contributed by atoms with van der Waals surface area (Å²) in [4.78, 5) is 16.2. The standard InChI is InChI=1S/C14H16N2O3/c1-18-14(17)12-5-2-6-13-15-10(9-16(12)13)8-11-4-3-7-19-11/h2,5-6,9,11H,3-4,7-8H2,1H3. The summed E-state index contributed by atoms with van der Waals surface area (Å²) in [5, 5.41) is 0. The van der Waals surface area contributed by atoms with Crippen molar-refractivity contribution in [1.82, 2.24) is 9.38 Å². The van der Waals surface area contributed by atoms with E-state index in [0.29, 0.717) is 5.69 Å². The van der Waals surface area contributed by atoms with E-state index in [4.69, 9.17) is 9.47 Å². The Hall–Kier alpha value is -1.88. The van der Waals surface area contributed by atoms with Crippen LogP contribution in [-0.4, -0.2) is 35.2 Å². The minimum Gasteiger partial charge on any atom is -0.464 e. The first-order chi connectivity index (χ1) is 9.28. The van der Waals surface area contributed by atoms with E-state index in [9.17, 15) is 4.79 Å². The molecule has 0 aliphatic carbocycles. The number of nitrogens with zero attached hydrogens (tertiary/aromatic N) is 2. The lowest BCUT2D eigenvalue weighted by Gasteiger charge is -2.05. The average Bonchev–Trinajstić information content (AvgIpc) is 3.06. The van der Waals surface area contributed by atoms with Crippen LogP contribution in [-0.2, 0) is 15.9 Å². The van der Waals surface area contributed by atoms with Gasteiger partial charge in [0.25, 0.3) is 0 Å². The number of aromatic nitrogens is 2. The highest BCUT2D eigenvalue weighted by Gasteiger charge is 2.18. The van der Waals surface area contributed by atoms with Crippen LogP contribution in [0.5, 0.6) is 0 Å². The molecular formula is C14H16N2O3. The van der Waals surface area contributed by atoms with Crippen molar-refractivity contribution in [3.05, 3.63) is 35.8 Å². The SMILES string of the molecule is COC(=O)c1cccc2nc(CC3CCCO3)cn12. The number of ether oxygens (including phenoxy) is 2. The van der Waals surface area contributed by atoms with Crippen LogP contribution in [0.15, 0.2) is 24.4 Å². The van der Waals surface area contributed by atoms with Crippen molar-refractivity contribution >= 4 is 11.6 Å². The Kier molecular flexibility index (Phi) is 3.21. The van der Waals surface area contributed by atoms with Gasteiger partial charge in [0.05, 0.1) is 18.9 Å². The van der Waals surface area contributed by atoms with E-state index in [1.165, 1.54) is 7.11 Å². The molecule has 0 amide bonds. The number of esters is 1. The molecule has 5 nitrogen and oxygen atoms in total. The van der Waals surface area contributed by atoms with Gasteiger partial charge in [0.2, 0.25) is 0 Å². The summed E-state index contributed by atoms with van der Waals surface area (Å²) in [6.45, 7) is 0.839. The number of hydrogen-bond acceptors (Lipinski definition) is 4. The molecule has 19 heavy (non-hydrogen) atoms. The Bertz CT molecular complexity index is 600. The Labute approximate surface area is 111 Å². The summed E-state index contributed by atoms with van der Waals surface area (Å²) in [6, 6.07) is 5.42. The second-order valence-electron chi connectivity index (χ2n) is 4.70. The van der Waals surface area contributed by atoms with E-state index >= 15 is 0 Å². The van der Waals surface area contributed by atoms with Crippen LogP contribution >= 0.6 is 0 Å². The molecule has 1 fully saturated rings. The molecule has 0 N–H and O–H groups in total. The maximum atomic E-state index is 11.7. The van der Waals surface area contributed by atoms with Crippen LogP contribution in [0.1, 0.15) is 29.0 Å². The summed E-state index contributed by atoms with van der Waals surface area (Å²) < 4.78 is 12.2. The van der Waals surface area contributed by atoms with E-state index in [0.717, 1.165) is 37.2 Å². The number of rotatable bonds is 3. The normalized spacial score (nSPS) is 18.9. The lowest BCUT2D eigenvalue weighted by Crippen LogP contribution is -2.09. The molecule has 0 radical (unpaired) electrons. The number of pyridine rings is 1. The van der Waals surface area contributed by atoms with Gasteiger partial charge >= 0.3 is 5.97 Å². The third kappa shape index (κ3) is 2.33. The summed E-state index contributed by atoms with van der Waals surface area (Å²) in [5.41, 5.74) is 2.20. The van der Waals surface area contributed by atoms with Gasteiger partial charge < -0.3 is 9.47 Å². The molecule has 3 heterocycles. The molecule has 2 aromatic rings. The highest BCUT2D eigenvalue weighted by molar-refractivity contribution is 5.88. The zero-order valence-electron chi connectivity index (χ0n) is 10.8. The molecule has 1 saturated heterocycles. The van der Waals surface area contributed by atoms with Gasteiger partial charge in [-0.3, -0.25) is 4.40 Å². The molecule has 0 aromatic carbocycles. The Morgan fingerprint density at radius 1 is 1.58 bits per heavy atom. The smallest absolute Gasteiger partial charge is 0.355 e. The van der Waals surface area contributed by atoms with Crippen molar-refractivity contribution in [2.75, 3.05) is 13.7 Å². The first-order valence-corrected chi connectivity index (χ1v) is 6.45. The monoisotopic (exact) mass is 260 g/mol. The summed E-state index contributed by atoms with van der Waals surface area (Å²) in [6.07, 6.45) is 5.14. The Balaban J connectivity index is 1.93. The van der Waals surface area contributed by atoms with Crippen LogP contribution < -0.4 is 0 Å². The van der Waals surface area contributed by atoms with Gasteiger partial charge in [-0.1, -0.05) is 6.07 Å². The first-order valence-electron chi connectivity index (χ1n) is 6.45. The average molecular weight is 260 g/mol. The molecule has 1 aliphatic rings. The van der Waals surface area contributed by atoms with Gasteiger partial charge in [-0.25, -0.2) is 9.78 Å². The third-order valence-electron chi connectivity index (χ3n) is 3.40. The van der Waals surface area contributed by atoms with E-state index in [1.54, 1.807) is 10.5 Å². The lowest BCUT2D eigenvalue weighted by atomic mass is 10.1. The molecular weight excluding hydrogens is 244 g/mol. The van der Waals surface area contributed by atoms with Crippen LogP contribution in [0.3, 0.4) is 0 Å². The molecule has 2 aromatic heterocycles. The molecule has 1 atom stereocenters. The van der Waals surface area contributed by atoms with E-state index in [2.05, 4.69) is 4.98 Å². The van der Waals surface area contributed by atoms with Gasteiger partial charge in [-0.15, -0.1) is 0 Å². The van der Waals surface area contributed by atoms with E-state index in [-0.39, 0.29) is 12.1 Å². The van der Waals surface area contributed by atoms with Gasteiger partial charge in [0.1, 0.15) is 11.3 Å². The van der Waals surface area contributed by atoms with Crippen molar-refractivity contribution in [3.8, 4) is 0 Å². The van der Waals surface area contributed by atoms with Crippen LogP contribution in [0, 0.1) is 0 Å². The molecule has 0 bridgehead atoms. The molecule has 1 unspecified atom stereocenters. The van der Waals surface area contributed by atoms with E-state index < -0.39 is 0 Å². The van der Waals surface area contributed by atoms with Crippen molar-refractivity contribution in [1.29, 1.82) is 0 Å². The zero-order valence-corrected chi connectivity index (χ0v) is 10.8. The number of carbonyl (C=O) groups excluding carboxylic acids is 1. The fourth-order valence-electron chi connectivity index (χ4n) is 2.47. The highest BCUT2D eigenvalue weighted by Crippen LogP contribution is 2.18. The highest BCUT2D eigenvalue weighted by atomic mass is 16.5. The summed E-state index contributed by atoms with van der Waals surface area (Å²) in [5.74, 6) is -0.355. The van der Waals surface area contributed by atoms with Gasteiger partial charge in [-0.2, -0.15) is 0 Å². The topological polar surface area (TPSA) is 52.8 Å². The minimum atomic E-state index is -0.355. The third-order valence-corrected chi connectivity index (χ3v) is 3.40. The fraction of sp³-hybridized carbons (Fsp3) is 0.429. The van der Waals surface area contributed by atoms with Crippen LogP contribution in [0.2, 0.25) is 0 Å². The first kappa shape index (κ1) is 12.2. The maximum absolute atomic E-state index is 11.7. The zero-order chi connectivity index (χ0) is 13.2. The Morgan fingerprint density at radius 3 is 3.21 bits per heavy atom. The number of carbonyl (C=O) groups is 1. The molecule has 3 rings (SSSR count). The minimum absolute atomic E-state index is 0.256. The van der Waals surface area contributed by atoms with Crippen molar-refractivity contribution in [2.24, 2.45) is 0 Å². The molecule has 5 heteroatoms. The largest absolute Gasteiger partial charge is 0.464 e. The van der Waals surface area contributed by atoms with Crippen molar-refractivity contribution < 1.29 is 14.3 Å². The van der Waals surface area contributed by atoms with Crippen molar-refractivity contribution in [2.45, 2.75) is 25.4 Å². The molecule has 1 aliphatic heterocycles. The van der Waals surface area contributed by atoms with E-state index in [1.807, 2.05) is 18.3 Å². The van der Waals surface area contributed by atoms with Crippen LogP contribution in [0.25, 0.3) is 5.65 Å². The number of imidazole rings is 1.